The van der Waals surface area contributed by atoms with E-state index in [0.717, 1.165) is 33.6 Å². The smallest absolute Gasteiger partial charge is 0.349 e. The SMILES string of the molecule is CCOC(=O)c1scc(-c2ccc(C)cc2)c1S(=O)(=O)Nc1cccc(C)c1C. The van der Waals surface area contributed by atoms with Crippen molar-refractivity contribution in [3.05, 3.63) is 69.4 Å². The van der Waals surface area contributed by atoms with E-state index in [1.54, 1.807) is 24.4 Å². The van der Waals surface area contributed by atoms with Crippen molar-refractivity contribution in [2.45, 2.75) is 32.6 Å². The van der Waals surface area contributed by atoms with E-state index < -0.39 is 16.0 Å². The second-order valence-corrected chi connectivity index (χ2v) is 9.25. The molecule has 0 saturated carbocycles. The Balaban J connectivity index is 2.16. The van der Waals surface area contributed by atoms with Crippen LogP contribution in [0.5, 0.6) is 0 Å². The Morgan fingerprint density at radius 1 is 1.07 bits per heavy atom. The van der Waals surface area contributed by atoms with Crippen LogP contribution in [0.1, 0.15) is 33.3 Å². The van der Waals surface area contributed by atoms with E-state index in [-0.39, 0.29) is 16.4 Å². The highest BCUT2D eigenvalue weighted by Gasteiger charge is 2.30. The zero-order chi connectivity index (χ0) is 21.2. The number of aryl methyl sites for hydroxylation is 2. The maximum absolute atomic E-state index is 13.4. The molecule has 7 heteroatoms. The van der Waals surface area contributed by atoms with Gasteiger partial charge in [-0.3, -0.25) is 4.72 Å². The van der Waals surface area contributed by atoms with Crippen LogP contribution in [0, 0.1) is 20.8 Å². The molecule has 2 aromatic carbocycles. The number of nitrogens with one attached hydrogen (secondary N) is 1. The van der Waals surface area contributed by atoms with E-state index in [1.807, 2.05) is 51.1 Å². The van der Waals surface area contributed by atoms with E-state index in [4.69, 9.17) is 4.74 Å². The molecule has 0 bridgehead atoms. The van der Waals surface area contributed by atoms with Crippen LogP contribution < -0.4 is 4.72 Å². The van der Waals surface area contributed by atoms with Crippen LogP contribution in [0.15, 0.2) is 52.7 Å². The number of esters is 1. The molecular formula is C22H23NO4S2. The van der Waals surface area contributed by atoms with Crippen LogP contribution in [0.4, 0.5) is 5.69 Å². The van der Waals surface area contributed by atoms with Crippen molar-refractivity contribution in [2.75, 3.05) is 11.3 Å². The molecule has 3 aromatic rings. The predicted octanol–water partition coefficient (Wildman–Crippen LogP) is 5.32. The van der Waals surface area contributed by atoms with Gasteiger partial charge in [-0.15, -0.1) is 11.3 Å². The molecule has 0 radical (unpaired) electrons. The number of rotatable bonds is 6. The summed E-state index contributed by atoms with van der Waals surface area (Å²) in [7, 11) is -4.03. The molecule has 3 rings (SSSR count). The highest BCUT2D eigenvalue weighted by Crippen LogP contribution is 2.37. The standard InChI is InChI=1S/C22H23NO4S2/c1-5-27-22(24)20-21(18(13-28-20)17-11-9-14(2)10-12-17)29(25,26)23-19-8-6-7-15(3)16(19)4/h6-13,23H,5H2,1-4H3. The van der Waals surface area contributed by atoms with Gasteiger partial charge in [-0.05, 0) is 50.5 Å². The molecular weight excluding hydrogens is 406 g/mol. The Labute approximate surface area is 175 Å². The number of benzene rings is 2. The Morgan fingerprint density at radius 2 is 1.76 bits per heavy atom. The van der Waals surface area contributed by atoms with E-state index in [9.17, 15) is 13.2 Å². The summed E-state index contributed by atoms with van der Waals surface area (Å²) in [6, 6.07) is 12.9. The van der Waals surface area contributed by atoms with Crippen molar-refractivity contribution < 1.29 is 17.9 Å². The van der Waals surface area contributed by atoms with Crippen molar-refractivity contribution >= 4 is 33.0 Å². The van der Waals surface area contributed by atoms with Crippen LogP contribution in [-0.2, 0) is 14.8 Å². The molecule has 0 spiro atoms. The van der Waals surface area contributed by atoms with Gasteiger partial charge in [0.2, 0.25) is 0 Å². The molecule has 152 valence electrons. The maximum atomic E-state index is 13.4. The normalized spacial score (nSPS) is 11.3. The first-order valence-electron chi connectivity index (χ1n) is 9.19. The summed E-state index contributed by atoms with van der Waals surface area (Å²) in [6.45, 7) is 7.59. The summed E-state index contributed by atoms with van der Waals surface area (Å²) in [5, 5.41) is 1.69. The predicted molar refractivity (Wildman–Crippen MR) is 117 cm³/mol. The van der Waals surface area contributed by atoms with Crippen molar-refractivity contribution in [2.24, 2.45) is 0 Å². The Kier molecular flexibility index (Phi) is 6.10. The minimum Gasteiger partial charge on any atom is -0.462 e. The Hall–Kier alpha value is -2.64. The van der Waals surface area contributed by atoms with Gasteiger partial charge in [0.25, 0.3) is 10.0 Å². The van der Waals surface area contributed by atoms with Gasteiger partial charge in [0, 0.05) is 10.9 Å². The number of thiophene rings is 1. The fourth-order valence-corrected chi connectivity index (χ4v) is 5.76. The number of hydrogen-bond acceptors (Lipinski definition) is 5. The minimum atomic E-state index is -4.03. The molecule has 0 unspecified atom stereocenters. The molecule has 0 aliphatic rings. The summed E-state index contributed by atoms with van der Waals surface area (Å²) in [5.74, 6) is -0.641. The van der Waals surface area contributed by atoms with Gasteiger partial charge in [-0.25, -0.2) is 13.2 Å². The van der Waals surface area contributed by atoms with Crippen molar-refractivity contribution in [1.29, 1.82) is 0 Å². The molecule has 0 amide bonds. The van der Waals surface area contributed by atoms with E-state index in [1.165, 1.54) is 0 Å². The zero-order valence-electron chi connectivity index (χ0n) is 16.8. The molecule has 0 aliphatic carbocycles. The van der Waals surface area contributed by atoms with Crippen LogP contribution in [0.2, 0.25) is 0 Å². The Morgan fingerprint density at radius 3 is 2.41 bits per heavy atom. The fraction of sp³-hybridized carbons (Fsp3) is 0.227. The number of ether oxygens (including phenoxy) is 1. The lowest BCUT2D eigenvalue weighted by molar-refractivity contribution is 0.0528. The van der Waals surface area contributed by atoms with Gasteiger partial charge in [-0.2, -0.15) is 0 Å². The van der Waals surface area contributed by atoms with Crippen molar-refractivity contribution in [3.8, 4) is 11.1 Å². The molecule has 5 nitrogen and oxygen atoms in total. The summed E-state index contributed by atoms with van der Waals surface area (Å²) >= 11 is 1.07. The fourth-order valence-electron chi connectivity index (χ4n) is 2.94. The Bertz CT molecular complexity index is 1150. The first kappa shape index (κ1) is 21.1. The number of carbonyl (C=O) groups excluding carboxylic acids is 1. The van der Waals surface area contributed by atoms with E-state index in [2.05, 4.69) is 4.72 Å². The second kappa shape index (κ2) is 8.39. The van der Waals surface area contributed by atoms with Crippen molar-refractivity contribution in [3.63, 3.8) is 0 Å². The number of carbonyl (C=O) groups is 1. The summed E-state index contributed by atoms with van der Waals surface area (Å²) in [5.41, 5.74) is 4.56. The van der Waals surface area contributed by atoms with E-state index >= 15 is 0 Å². The number of hydrogen-bond donors (Lipinski definition) is 1. The summed E-state index contributed by atoms with van der Waals surface area (Å²) < 4.78 is 34.6. The lowest BCUT2D eigenvalue weighted by Gasteiger charge is -2.14. The minimum absolute atomic E-state index is 0.0503. The van der Waals surface area contributed by atoms with Crippen LogP contribution in [0.25, 0.3) is 11.1 Å². The van der Waals surface area contributed by atoms with Crippen LogP contribution in [0.3, 0.4) is 0 Å². The molecule has 1 aromatic heterocycles. The highest BCUT2D eigenvalue weighted by molar-refractivity contribution is 7.93. The molecule has 0 saturated heterocycles. The van der Waals surface area contributed by atoms with Crippen LogP contribution in [-0.4, -0.2) is 21.0 Å². The molecule has 0 atom stereocenters. The largest absolute Gasteiger partial charge is 0.462 e. The topological polar surface area (TPSA) is 72.5 Å². The number of sulfonamides is 1. The quantitative estimate of drug-likeness (QED) is 0.539. The van der Waals surface area contributed by atoms with Gasteiger partial charge in [0.1, 0.15) is 9.77 Å². The average molecular weight is 430 g/mol. The third kappa shape index (κ3) is 4.36. The molecule has 29 heavy (non-hydrogen) atoms. The van der Waals surface area contributed by atoms with Gasteiger partial charge in [-0.1, -0.05) is 42.0 Å². The van der Waals surface area contributed by atoms with Gasteiger partial charge in [0.15, 0.2) is 0 Å². The maximum Gasteiger partial charge on any atom is 0.349 e. The lowest BCUT2D eigenvalue weighted by Crippen LogP contribution is -2.18. The third-order valence-corrected chi connectivity index (χ3v) is 7.23. The molecule has 1 N–H and O–H groups in total. The monoisotopic (exact) mass is 429 g/mol. The van der Waals surface area contributed by atoms with Gasteiger partial charge < -0.3 is 4.74 Å². The zero-order valence-corrected chi connectivity index (χ0v) is 18.4. The highest BCUT2D eigenvalue weighted by atomic mass is 32.2. The molecule has 1 heterocycles. The van der Waals surface area contributed by atoms with E-state index in [0.29, 0.717) is 11.3 Å². The lowest BCUT2D eigenvalue weighted by atomic mass is 10.1. The second-order valence-electron chi connectivity index (χ2n) is 6.75. The summed E-state index contributed by atoms with van der Waals surface area (Å²) in [6.07, 6.45) is 0. The molecule has 0 fully saturated rings. The van der Waals surface area contributed by atoms with Crippen molar-refractivity contribution in [1.82, 2.24) is 0 Å². The average Bonchev–Trinajstić information content (AvgIpc) is 3.12. The van der Waals surface area contributed by atoms with Gasteiger partial charge >= 0.3 is 5.97 Å². The summed E-state index contributed by atoms with van der Waals surface area (Å²) in [4.78, 5) is 12.5. The van der Waals surface area contributed by atoms with Gasteiger partial charge in [0.05, 0.1) is 12.3 Å². The van der Waals surface area contributed by atoms with Crippen LogP contribution >= 0.6 is 11.3 Å². The molecule has 0 aliphatic heterocycles. The first-order chi connectivity index (χ1) is 13.7. The number of anilines is 1. The third-order valence-electron chi connectivity index (χ3n) is 4.69. The first-order valence-corrected chi connectivity index (χ1v) is 11.6.